The van der Waals surface area contributed by atoms with E-state index in [0.717, 1.165) is 44.2 Å². The van der Waals surface area contributed by atoms with Crippen molar-refractivity contribution in [2.24, 2.45) is 0 Å². The van der Waals surface area contributed by atoms with Gasteiger partial charge in [-0.2, -0.15) is 10.2 Å². The van der Waals surface area contributed by atoms with Crippen molar-refractivity contribution in [3.63, 3.8) is 0 Å². The maximum atomic E-state index is 5.70. The standard InChI is InChI=1S/2C9H12N4S/c1-6-9(10)3-11-13(6)4-8-5-14-7(2)12-8;1-6-9(10)4-13(12-6)3-8-5-14-7(2)11-8/h3,5H,4,10H2,1-2H3;4-5H,3,10H2,1-2H3. The number of nitrogens with zero attached hydrogens (tertiary/aromatic N) is 6. The van der Waals surface area contributed by atoms with Crippen LogP contribution in [-0.2, 0) is 13.1 Å². The first-order valence-electron chi connectivity index (χ1n) is 8.71. The average Bonchev–Trinajstić information content (AvgIpc) is 3.38. The fourth-order valence-electron chi connectivity index (χ4n) is 2.52. The van der Waals surface area contributed by atoms with Gasteiger partial charge in [-0.15, -0.1) is 22.7 Å². The molecule has 0 atom stereocenters. The first kappa shape index (κ1) is 20.0. The van der Waals surface area contributed by atoms with Gasteiger partial charge in [0.1, 0.15) is 0 Å². The molecule has 4 heterocycles. The SMILES string of the molecule is Cc1nc(Cn2cc(N)c(C)n2)cs1.Cc1nc(Cn2ncc(N)c2C)cs1. The summed E-state index contributed by atoms with van der Waals surface area (Å²) in [5.41, 5.74) is 16.8. The molecule has 0 radical (unpaired) electrons. The van der Waals surface area contributed by atoms with Crippen LogP contribution in [0.5, 0.6) is 0 Å². The minimum absolute atomic E-state index is 0.697. The van der Waals surface area contributed by atoms with E-state index in [2.05, 4.69) is 20.2 Å². The number of aryl methyl sites for hydroxylation is 3. The van der Waals surface area contributed by atoms with Crippen LogP contribution < -0.4 is 11.5 Å². The van der Waals surface area contributed by atoms with Crippen LogP contribution in [0.4, 0.5) is 11.4 Å². The average molecular weight is 417 g/mol. The number of nitrogens with two attached hydrogens (primary N) is 2. The highest BCUT2D eigenvalue weighted by Crippen LogP contribution is 2.14. The molecule has 0 fully saturated rings. The number of hydrogen-bond donors (Lipinski definition) is 2. The van der Waals surface area contributed by atoms with Gasteiger partial charge in [-0.1, -0.05) is 0 Å². The number of rotatable bonds is 4. The zero-order valence-electron chi connectivity index (χ0n) is 16.4. The lowest BCUT2D eigenvalue weighted by Gasteiger charge is -2.01. The van der Waals surface area contributed by atoms with E-state index >= 15 is 0 Å². The summed E-state index contributed by atoms with van der Waals surface area (Å²) in [5, 5.41) is 14.7. The number of anilines is 2. The fraction of sp³-hybridized carbons (Fsp3) is 0.333. The summed E-state index contributed by atoms with van der Waals surface area (Å²) in [6.45, 7) is 9.25. The highest BCUT2D eigenvalue weighted by atomic mass is 32.1. The number of thiazole rings is 2. The molecule has 0 unspecified atom stereocenters. The molecule has 0 aliphatic carbocycles. The Kier molecular flexibility index (Phi) is 6.10. The summed E-state index contributed by atoms with van der Waals surface area (Å²) in [6.07, 6.45) is 3.51. The fourth-order valence-corrected chi connectivity index (χ4v) is 3.72. The van der Waals surface area contributed by atoms with Crippen molar-refractivity contribution < 1.29 is 0 Å². The minimum Gasteiger partial charge on any atom is -0.396 e. The Morgan fingerprint density at radius 1 is 0.893 bits per heavy atom. The molecule has 0 spiro atoms. The van der Waals surface area contributed by atoms with Crippen LogP contribution in [0, 0.1) is 27.7 Å². The Labute approximate surface area is 171 Å². The monoisotopic (exact) mass is 416 g/mol. The van der Waals surface area contributed by atoms with E-state index in [1.54, 1.807) is 28.9 Å². The van der Waals surface area contributed by atoms with E-state index in [0.29, 0.717) is 13.1 Å². The Morgan fingerprint density at radius 3 is 1.93 bits per heavy atom. The van der Waals surface area contributed by atoms with E-state index in [1.807, 2.05) is 54.0 Å². The van der Waals surface area contributed by atoms with Crippen molar-refractivity contribution in [3.05, 3.63) is 55.9 Å². The third-order valence-corrected chi connectivity index (χ3v) is 5.74. The second kappa shape index (κ2) is 8.53. The minimum atomic E-state index is 0.697. The van der Waals surface area contributed by atoms with Crippen molar-refractivity contribution in [1.82, 2.24) is 29.5 Å². The molecule has 10 heteroatoms. The molecular formula is C18H24N8S2. The van der Waals surface area contributed by atoms with Crippen LogP contribution in [0.25, 0.3) is 0 Å². The van der Waals surface area contributed by atoms with E-state index in [-0.39, 0.29) is 0 Å². The van der Waals surface area contributed by atoms with Gasteiger partial charge >= 0.3 is 0 Å². The van der Waals surface area contributed by atoms with Crippen LogP contribution in [0.1, 0.15) is 32.8 Å². The Morgan fingerprint density at radius 2 is 1.50 bits per heavy atom. The van der Waals surface area contributed by atoms with Gasteiger partial charge in [-0.3, -0.25) is 9.36 Å². The summed E-state index contributed by atoms with van der Waals surface area (Å²) in [7, 11) is 0. The highest BCUT2D eigenvalue weighted by molar-refractivity contribution is 7.09. The lowest BCUT2D eigenvalue weighted by atomic mass is 10.4. The zero-order valence-corrected chi connectivity index (χ0v) is 18.0. The quantitative estimate of drug-likeness (QED) is 0.528. The molecule has 8 nitrogen and oxygen atoms in total. The van der Waals surface area contributed by atoms with Crippen molar-refractivity contribution in [2.45, 2.75) is 40.8 Å². The molecular weight excluding hydrogens is 392 g/mol. The smallest absolute Gasteiger partial charge is 0.0898 e. The molecule has 0 bridgehead atoms. The number of hydrogen-bond acceptors (Lipinski definition) is 8. The maximum Gasteiger partial charge on any atom is 0.0898 e. The van der Waals surface area contributed by atoms with E-state index in [4.69, 9.17) is 11.5 Å². The predicted molar refractivity (Wildman–Crippen MR) is 115 cm³/mol. The lowest BCUT2D eigenvalue weighted by Crippen LogP contribution is -2.04. The molecule has 0 aliphatic rings. The summed E-state index contributed by atoms with van der Waals surface area (Å²) in [6, 6.07) is 0. The summed E-state index contributed by atoms with van der Waals surface area (Å²) < 4.78 is 3.68. The van der Waals surface area contributed by atoms with Crippen LogP contribution in [0.2, 0.25) is 0 Å². The number of nitrogen functional groups attached to an aromatic ring is 2. The van der Waals surface area contributed by atoms with E-state index in [9.17, 15) is 0 Å². The topological polar surface area (TPSA) is 113 Å². The van der Waals surface area contributed by atoms with Gasteiger partial charge in [0.15, 0.2) is 0 Å². The van der Waals surface area contributed by atoms with Crippen LogP contribution in [0.3, 0.4) is 0 Å². The van der Waals surface area contributed by atoms with Gasteiger partial charge in [-0.25, -0.2) is 9.97 Å². The van der Waals surface area contributed by atoms with Gasteiger partial charge < -0.3 is 11.5 Å². The molecule has 0 amide bonds. The van der Waals surface area contributed by atoms with Gasteiger partial charge in [0, 0.05) is 17.0 Å². The second-order valence-electron chi connectivity index (χ2n) is 6.43. The third kappa shape index (κ3) is 4.96. The Balaban J connectivity index is 0.000000161. The third-order valence-electron chi connectivity index (χ3n) is 4.09. The maximum absolute atomic E-state index is 5.70. The van der Waals surface area contributed by atoms with Crippen LogP contribution in [-0.4, -0.2) is 29.5 Å². The predicted octanol–water partition coefficient (Wildman–Crippen LogP) is 3.17. The molecule has 4 aromatic heterocycles. The molecule has 0 saturated heterocycles. The van der Waals surface area contributed by atoms with Crippen molar-refractivity contribution >= 4 is 34.0 Å². The first-order valence-corrected chi connectivity index (χ1v) is 10.5. The highest BCUT2D eigenvalue weighted by Gasteiger charge is 2.05. The molecule has 0 aromatic carbocycles. The summed E-state index contributed by atoms with van der Waals surface area (Å²) >= 11 is 3.30. The molecule has 4 rings (SSSR count). The lowest BCUT2D eigenvalue weighted by molar-refractivity contribution is 0.655. The van der Waals surface area contributed by atoms with Gasteiger partial charge in [0.2, 0.25) is 0 Å². The van der Waals surface area contributed by atoms with Gasteiger partial charge in [0.05, 0.1) is 63.5 Å². The number of aromatic nitrogens is 6. The Bertz CT molecular complexity index is 1040. The second-order valence-corrected chi connectivity index (χ2v) is 8.55. The molecule has 0 aliphatic heterocycles. The van der Waals surface area contributed by atoms with Crippen LogP contribution in [0.15, 0.2) is 23.2 Å². The molecule has 4 aromatic rings. The van der Waals surface area contributed by atoms with E-state index in [1.165, 1.54) is 0 Å². The molecule has 0 saturated carbocycles. The van der Waals surface area contributed by atoms with Crippen molar-refractivity contribution in [3.8, 4) is 0 Å². The van der Waals surface area contributed by atoms with E-state index < -0.39 is 0 Å². The first-order chi connectivity index (χ1) is 13.3. The van der Waals surface area contributed by atoms with Crippen molar-refractivity contribution in [1.29, 1.82) is 0 Å². The van der Waals surface area contributed by atoms with Crippen LogP contribution >= 0.6 is 22.7 Å². The molecule has 28 heavy (non-hydrogen) atoms. The molecule has 148 valence electrons. The van der Waals surface area contributed by atoms with Crippen molar-refractivity contribution in [2.75, 3.05) is 11.5 Å². The zero-order chi connectivity index (χ0) is 20.3. The normalized spacial score (nSPS) is 10.7. The van der Waals surface area contributed by atoms with Gasteiger partial charge in [0.25, 0.3) is 0 Å². The largest absolute Gasteiger partial charge is 0.396 e. The Hall–Kier alpha value is -2.72. The summed E-state index contributed by atoms with van der Waals surface area (Å²) in [5.74, 6) is 0. The summed E-state index contributed by atoms with van der Waals surface area (Å²) in [4.78, 5) is 8.73. The molecule has 4 N–H and O–H groups in total. The van der Waals surface area contributed by atoms with Gasteiger partial charge in [-0.05, 0) is 27.7 Å².